The molecule has 0 aromatic heterocycles. The second-order valence-corrected chi connectivity index (χ2v) is 11.5. The topological polar surface area (TPSA) is 58.6 Å². The van der Waals surface area contributed by atoms with E-state index in [4.69, 9.17) is 4.74 Å². The first-order valence-electron chi connectivity index (χ1n) is 13.6. The summed E-state index contributed by atoms with van der Waals surface area (Å²) in [5.74, 6) is -0.650. The summed E-state index contributed by atoms with van der Waals surface area (Å²) in [6.07, 6.45) is 4.44. The molecule has 1 amide bonds. The van der Waals surface area contributed by atoms with Gasteiger partial charge in [0, 0.05) is 17.8 Å². The number of esters is 1. The monoisotopic (exact) mass is 512 g/mol. The molecule has 0 aliphatic heterocycles. The van der Waals surface area contributed by atoms with E-state index in [0.29, 0.717) is 11.1 Å². The number of unbranched alkanes of at least 4 members (excludes halogenated alkanes) is 1. The predicted octanol–water partition coefficient (Wildman–Crippen LogP) is 8.01. The minimum absolute atomic E-state index is 0.112. The van der Waals surface area contributed by atoms with E-state index in [-0.39, 0.29) is 16.7 Å². The van der Waals surface area contributed by atoms with Gasteiger partial charge in [-0.3, -0.25) is 4.79 Å². The molecule has 5 nitrogen and oxygen atoms in total. The Kier molecular flexibility index (Phi) is 7.96. The first kappa shape index (κ1) is 27.4. The standard InChI is InChI=1S/C33H40N2O3/c1-7-8-21-35(25-17-18-26-27(22-25)33(4,5)20-19-32(26,2)3)29-12-10-9-11-28(29)34-30(36)23-13-15-24(16-14-23)31(37)38-6/h9-18,22H,7-8,19-21H2,1-6H3,(H,34,36). The lowest BCUT2D eigenvalue weighted by Gasteiger charge is -2.42. The van der Waals surface area contributed by atoms with E-state index < -0.39 is 5.97 Å². The second-order valence-electron chi connectivity index (χ2n) is 11.5. The lowest BCUT2D eigenvalue weighted by molar-refractivity contribution is 0.0600. The molecule has 38 heavy (non-hydrogen) atoms. The Morgan fingerprint density at radius 1 is 0.868 bits per heavy atom. The smallest absolute Gasteiger partial charge is 0.337 e. The molecule has 0 radical (unpaired) electrons. The van der Waals surface area contributed by atoms with Gasteiger partial charge in [0.1, 0.15) is 0 Å². The number of nitrogens with one attached hydrogen (secondary N) is 1. The number of rotatable bonds is 8. The SMILES string of the molecule is CCCCN(c1ccc2c(c1)C(C)(C)CCC2(C)C)c1ccccc1NC(=O)c1ccc(C(=O)OC)cc1. The lowest BCUT2D eigenvalue weighted by Crippen LogP contribution is -2.34. The van der Waals surface area contributed by atoms with Crippen molar-refractivity contribution in [3.05, 3.63) is 89.0 Å². The van der Waals surface area contributed by atoms with Crippen molar-refractivity contribution >= 4 is 28.9 Å². The Morgan fingerprint density at radius 2 is 1.50 bits per heavy atom. The van der Waals surface area contributed by atoms with Gasteiger partial charge in [-0.1, -0.05) is 59.2 Å². The van der Waals surface area contributed by atoms with Crippen LogP contribution in [0.1, 0.15) is 92.1 Å². The molecule has 1 N–H and O–H groups in total. The summed E-state index contributed by atoms with van der Waals surface area (Å²) in [7, 11) is 1.34. The van der Waals surface area contributed by atoms with Crippen molar-refractivity contribution in [1.82, 2.24) is 0 Å². The van der Waals surface area contributed by atoms with Crippen molar-refractivity contribution in [3.63, 3.8) is 0 Å². The fourth-order valence-electron chi connectivity index (χ4n) is 5.33. The Hall–Kier alpha value is -3.60. The van der Waals surface area contributed by atoms with Gasteiger partial charge in [0.2, 0.25) is 0 Å². The third-order valence-corrected chi connectivity index (χ3v) is 7.89. The van der Waals surface area contributed by atoms with Crippen LogP contribution in [0.2, 0.25) is 0 Å². The molecule has 0 unspecified atom stereocenters. The largest absolute Gasteiger partial charge is 0.465 e. The van der Waals surface area contributed by atoms with Crippen molar-refractivity contribution in [2.24, 2.45) is 0 Å². The molecule has 0 atom stereocenters. The van der Waals surface area contributed by atoms with Crippen LogP contribution in [0.15, 0.2) is 66.7 Å². The van der Waals surface area contributed by atoms with Crippen LogP contribution in [0.5, 0.6) is 0 Å². The first-order chi connectivity index (χ1) is 18.1. The van der Waals surface area contributed by atoms with Gasteiger partial charge in [-0.05, 0) is 89.8 Å². The number of carbonyl (C=O) groups is 2. The number of carbonyl (C=O) groups excluding carboxylic acids is 2. The van der Waals surface area contributed by atoms with Crippen LogP contribution in [0.4, 0.5) is 17.1 Å². The van der Waals surface area contributed by atoms with E-state index in [1.54, 1.807) is 24.3 Å². The van der Waals surface area contributed by atoms with Crippen LogP contribution in [-0.2, 0) is 15.6 Å². The van der Waals surface area contributed by atoms with Gasteiger partial charge in [0.25, 0.3) is 5.91 Å². The zero-order valence-electron chi connectivity index (χ0n) is 23.6. The van der Waals surface area contributed by atoms with E-state index in [1.165, 1.54) is 24.7 Å². The fourth-order valence-corrected chi connectivity index (χ4v) is 5.33. The number of fused-ring (bicyclic) bond motifs is 1. The van der Waals surface area contributed by atoms with E-state index in [9.17, 15) is 9.59 Å². The average molecular weight is 513 g/mol. The maximum absolute atomic E-state index is 13.2. The molecule has 1 aliphatic rings. The van der Waals surface area contributed by atoms with Gasteiger partial charge in [-0.2, -0.15) is 0 Å². The molecule has 0 saturated carbocycles. The van der Waals surface area contributed by atoms with Gasteiger partial charge in [-0.15, -0.1) is 0 Å². The second kappa shape index (κ2) is 11.0. The number of methoxy groups -OCH3 is 1. The Balaban J connectivity index is 1.69. The van der Waals surface area contributed by atoms with Gasteiger partial charge < -0.3 is 15.0 Å². The molecule has 0 heterocycles. The Morgan fingerprint density at radius 3 is 2.16 bits per heavy atom. The molecule has 0 spiro atoms. The van der Waals surface area contributed by atoms with Crippen molar-refractivity contribution in [3.8, 4) is 0 Å². The minimum atomic E-state index is -0.425. The van der Waals surface area contributed by atoms with E-state index in [1.807, 2.05) is 18.2 Å². The first-order valence-corrected chi connectivity index (χ1v) is 13.6. The van der Waals surface area contributed by atoms with E-state index >= 15 is 0 Å². The van der Waals surface area contributed by atoms with Crippen LogP contribution in [0, 0.1) is 0 Å². The van der Waals surface area contributed by atoms with Crippen molar-refractivity contribution in [1.29, 1.82) is 0 Å². The molecule has 3 aromatic rings. The molecule has 200 valence electrons. The molecule has 4 rings (SSSR count). The summed E-state index contributed by atoms with van der Waals surface area (Å²) in [6, 6.07) is 21.4. The third kappa shape index (κ3) is 5.62. The van der Waals surface area contributed by atoms with Gasteiger partial charge in [0.05, 0.1) is 24.0 Å². The quantitative estimate of drug-likeness (QED) is 0.311. The number of ether oxygens (including phenoxy) is 1. The zero-order valence-corrected chi connectivity index (χ0v) is 23.6. The zero-order chi connectivity index (χ0) is 27.5. The van der Waals surface area contributed by atoms with Crippen LogP contribution in [-0.4, -0.2) is 25.5 Å². The summed E-state index contributed by atoms with van der Waals surface area (Å²) >= 11 is 0. The number of hydrogen-bond donors (Lipinski definition) is 1. The maximum atomic E-state index is 13.2. The van der Waals surface area contributed by atoms with Crippen LogP contribution in [0.25, 0.3) is 0 Å². The van der Waals surface area contributed by atoms with Crippen LogP contribution >= 0.6 is 0 Å². The van der Waals surface area contributed by atoms with E-state index in [0.717, 1.165) is 42.9 Å². The van der Waals surface area contributed by atoms with Gasteiger partial charge >= 0.3 is 5.97 Å². The van der Waals surface area contributed by atoms with Gasteiger partial charge in [0.15, 0.2) is 0 Å². The number of nitrogens with zero attached hydrogens (tertiary/aromatic N) is 1. The molecular formula is C33H40N2O3. The minimum Gasteiger partial charge on any atom is -0.465 e. The highest BCUT2D eigenvalue weighted by Crippen LogP contribution is 2.47. The van der Waals surface area contributed by atoms with Crippen molar-refractivity contribution in [2.75, 3.05) is 23.9 Å². The molecule has 1 aliphatic carbocycles. The Labute approximate surface area is 227 Å². The number of hydrogen-bond acceptors (Lipinski definition) is 4. The number of benzene rings is 3. The molecular weight excluding hydrogens is 472 g/mol. The molecule has 0 saturated heterocycles. The summed E-state index contributed by atoms with van der Waals surface area (Å²) in [5.41, 5.74) is 6.88. The Bertz CT molecular complexity index is 1310. The highest BCUT2D eigenvalue weighted by Gasteiger charge is 2.37. The lowest BCUT2D eigenvalue weighted by atomic mass is 9.63. The van der Waals surface area contributed by atoms with Gasteiger partial charge in [-0.25, -0.2) is 4.79 Å². The molecule has 0 bridgehead atoms. The molecule has 3 aromatic carbocycles. The highest BCUT2D eigenvalue weighted by molar-refractivity contribution is 6.06. The van der Waals surface area contributed by atoms with E-state index in [2.05, 4.69) is 69.1 Å². The number of anilines is 3. The number of para-hydroxylation sites is 2. The highest BCUT2D eigenvalue weighted by atomic mass is 16.5. The van der Waals surface area contributed by atoms with Crippen molar-refractivity contribution in [2.45, 2.75) is 71.1 Å². The summed E-state index contributed by atoms with van der Waals surface area (Å²) in [6.45, 7) is 12.4. The van der Waals surface area contributed by atoms with Crippen LogP contribution < -0.4 is 10.2 Å². The van der Waals surface area contributed by atoms with Crippen molar-refractivity contribution < 1.29 is 14.3 Å². The molecule has 5 heteroatoms. The normalized spacial score (nSPS) is 15.3. The average Bonchev–Trinajstić information content (AvgIpc) is 2.92. The summed E-state index contributed by atoms with van der Waals surface area (Å²) in [4.78, 5) is 27.3. The maximum Gasteiger partial charge on any atom is 0.337 e. The fraction of sp³-hybridized carbons (Fsp3) is 0.394. The number of amides is 1. The predicted molar refractivity (Wildman–Crippen MR) is 156 cm³/mol. The summed E-state index contributed by atoms with van der Waals surface area (Å²) < 4.78 is 4.76. The third-order valence-electron chi connectivity index (χ3n) is 7.89. The summed E-state index contributed by atoms with van der Waals surface area (Å²) in [5, 5.41) is 3.11. The molecule has 0 fully saturated rings. The van der Waals surface area contributed by atoms with Crippen LogP contribution in [0.3, 0.4) is 0 Å².